The van der Waals surface area contributed by atoms with Crippen molar-refractivity contribution < 1.29 is 38.4 Å². The van der Waals surface area contributed by atoms with E-state index in [1.807, 2.05) is 6.07 Å². The Morgan fingerprint density at radius 1 is 1.00 bits per heavy atom. The van der Waals surface area contributed by atoms with Crippen LogP contribution in [0.4, 0.5) is 18.9 Å². The van der Waals surface area contributed by atoms with E-state index in [0.29, 0.717) is 4.31 Å². The topological polar surface area (TPSA) is 168 Å². The summed E-state index contributed by atoms with van der Waals surface area (Å²) in [7, 11) is -14.4. The first-order chi connectivity index (χ1) is 16.1. The van der Waals surface area contributed by atoms with Gasteiger partial charge in [0.25, 0.3) is 9.84 Å². The second-order valence-corrected chi connectivity index (χ2v) is 13.2. The SMILES string of the molecule is N#Cc1ccc(S(=O)(=O)N2CCC(Nc3cccc(S(=O)(=O)C(F)(F)F)c3)CC2S(N)(=O)=O)cc1. The van der Waals surface area contributed by atoms with E-state index in [0.717, 1.165) is 30.3 Å². The van der Waals surface area contributed by atoms with Crippen LogP contribution < -0.4 is 10.5 Å². The van der Waals surface area contributed by atoms with Crippen molar-refractivity contribution in [3.05, 3.63) is 54.1 Å². The summed E-state index contributed by atoms with van der Waals surface area (Å²) >= 11 is 0. The highest BCUT2D eigenvalue weighted by Crippen LogP contribution is 2.33. The zero-order valence-electron chi connectivity index (χ0n) is 17.7. The van der Waals surface area contributed by atoms with Crippen molar-refractivity contribution in [1.29, 1.82) is 5.26 Å². The van der Waals surface area contributed by atoms with E-state index in [1.165, 1.54) is 18.2 Å². The Balaban J connectivity index is 1.87. The standard InChI is InChI=1S/C19H19F3N4O6S3/c20-19(21,22)33(27,28)17-3-1-2-14(10-17)25-15-8-9-26(18(11-15)34(24,29)30)35(31,32)16-6-4-13(12-23)5-7-16/h1-7,10,15,18,25H,8-9,11H2,(H2,24,29,30). The van der Waals surface area contributed by atoms with Crippen LogP contribution in [0.5, 0.6) is 0 Å². The molecule has 0 aliphatic carbocycles. The van der Waals surface area contributed by atoms with Gasteiger partial charge >= 0.3 is 5.51 Å². The van der Waals surface area contributed by atoms with Gasteiger partial charge in [-0.3, -0.25) is 0 Å². The summed E-state index contributed by atoms with van der Waals surface area (Å²) in [5.74, 6) is 0. The van der Waals surface area contributed by atoms with Crippen LogP contribution in [-0.2, 0) is 29.9 Å². The lowest BCUT2D eigenvalue weighted by Gasteiger charge is -2.37. The van der Waals surface area contributed by atoms with Gasteiger partial charge in [0.2, 0.25) is 20.0 Å². The van der Waals surface area contributed by atoms with Gasteiger partial charge in [-0.15, -0.1) is 0 Å². The summed E-state index contributed by atoms with van der Waals surface area (Å²) in [6.45, 7) is -0.304. The highest BCUT2D eigenvalue weighted by Gasteiger charge is 2.47. The predicted octanol–water partition coefficient (Wildman–Crippen LogP) is 1.73. The Morgan fingerprint density at radius 2 is 1.63 bits per heavy atom. The highest BCUT2D eigenvalue weighted by molar-refractivity contribution is 7.93. The summed E-state index contributed by atoms with van der Waals surface area (Å²) in [4.78, 5) is -1.25. The fraction of sp³-hybridized carbons (Fsp3) is 0.316. The Labute approximate surface area is 200 Å². The average Bonchev–Trinajstić information content (AvgIpc) is 2.78. The number of sulfone groups is 1. The van der Waals surface area contributed by atoms with Crippen LogP contribution in [0, 0.1) is 11.3 Å². The lowest BCUT2D eigenvalue weighted by Crippen LogP contribution is -2.54. The minimum Gasteiger partial charge on any atom is -0.382 e. The van der Waals surface area contributed by atoms with Gasteiger partial charge in [-0.2, -0.15) is 22.7 Å². The molecule has 35 heavy (non-hydrogen) atoms. The number of anilines is 1. The number of nitrogens with zero attached hydrogens (tertiary/aromatic N) is 2. The first kappa shape index (κ1) is 26.9. The molecule has 1 fully saturated rings. The number of hydrogen-bond acceptors (Lipinski definition) is 8. The second kappa shape index (κ2) is 9.39. The van der Waals surface area contributed by atoms with Gasteiger partial charge in [-0.05, 0) is 55.3 Å². The van der Waals surface area contributed by atoms with Gasteiger partial charge in [0.1, 0.15) is 5.37 Å². The van der Waals surface area contributed by atoms with Crippen LogP contribution >= 0.6 is 0 Å². The smallest absolute Gasteiger partial charge is 0.382 e. The largest absolute Gasteiger partial charge is 0.501 e. The van der Waals surface area contributed by atoms with Crippen LogP contribution in [-0.4, -0.2) is 53.0 Å². The molecule has 1 heterocycles. The van der Waals surface area contributed by atoms with E-state index >= 15 is 0 Å². The van der Waals surface area contributed by atoms with Gasteiger partial charge in [-0.25, -0.2) is 30.4 Å². The number of halogens is 3. The number of alkyl halides is 3. The van der Waals surface area contributed by atoms with Crippen molar-refractivity contribution in [2.75, 3.05) is 11.9 Å². The second-order valence-electron chi connectivity index (χ2n) is 7.64. The van der Waals surface area contributed by atoms with Crippen LogP contribution in [0.2, 0.25) is 0 Å². The van der Waals surface area contributed by atoms with Crippen LogP contribution in [0.15, 0.2) is 58.3 Å². The third-order valence-electron chi connectivity index (χ3n) is 5.29. The molecule has 2 unspecified atom stereocenters. The number of nitrogens with two attached hydrogens (primary N) is 1. The fourth-order valence-corrected chi connectivity index (χ4v) is 7.50. The van der Waals surface area contributed by atoms with Crippen molar-refractivity contribution in [3.63, 3.8) is 0 Å². The molecule has 1 aliphatic heterocycles. The maximum absolute atomic E-state index is 13.1. The van der Waals surface area contributed by atoms with Crippen LogP contribution in [0.1, 0.15) is 18.4 Å². The first-order valence-corrected chi connectivity index (χ1v) is 14.3. The Hall–Kier alpha value is -2.71. The quantitative estimate of drug-likeness (QED) is 0.546. The molecule has 0 spiro atoms. The average molecular weight is 553 g/mol. The molecule has 3 rings (SSSR count). The molecule has 1 saturated heterocycles. The zero-order valence-corrected chi connectivity index (χ0v) is 20.1. The van der Waals surface area contributed by atoms with Crippen molar-refractivity contribution >= 4 is 35.6 Å². The van der Waals surface area contributed by atoms with Gasteiger partial charge in [0.05, 0.1) is 21.4 Å². The summed E-state index contributed by atoms with van der Waals surface area (Å²) in [5.41, 5.74) is -5.34. The predicted molar refractivity (Wildman–Crippen MR) is 118 cm³/mol. The summed E-state index contributed by atoms with van der Waals surface area (Å²) in [6.07, 6.45) is -0.317. The van der Waals surface area contributed by atoms with E-state index in [-0.39, 0.29) is 35.5 Å². The molecule has 16 heteroatoms. The molecule has 0 bridgehead atoms. The Kier molecular flexibility index (Phi) is 7.21. The minimum absolute atomic E-state index is 0.0307. The lowest BCUT2D eigenvalue weighted by atomic mass is 10.1. The maximum Gasteiger partial charge on any atom is 0.501 e. The monoisotopic (exact) mass is 552 g/mol. The van der Waals surface area contributed by atoms with Crippen LogP contribution in [0.25, 0.3) is 0 Å². The van der Waals surface area contributed by atoms with E-state index < -0.39 is 51.7 Å². The first-order valence-electron chi connectivity index (χ1n) is 9.79. The number of benzene rings is 2. The molecule has 0 amide bonds. The molecule has 2 atom stereocenters. The molecule has 0 radical (unpaired) electrons. The number of primary sulfonamides is 1. The zero-order chi connectivity index (χ0) is 26.2. The molecule has 10 nitrogen and oxygen atoms in total. The number of nitriles is 1. The number of piperidine rings is 1. The van der Waals surface area contributed by atoms with Gasteiger partial charge in [-0.1, -0.05) is 6.07 Å². The van der Waals surface area contributed by atoms with E-state index in [1.54, 1.807) is 0 Å². The molecular weight excluding hydrogens is 533 g/mol. The van der Waals surface area contributed by atoms with Gasteiger partial charge < -0.3 is 5.32 Å². The normalized spacial score (nSPS) is 20.2. The molecule has 2 aromatic carbocycles. The summed E-state index contributed by atoms with van der Waals surface area (Å²) < 4.78 is 113. The van der Waals surface area contributed by atoms with Crippen LogP contribution in [0.3, 0.4) is 0 Å². The molecular formula is C19H19F3N4O6S3. The lowest BCUT2D eigenvalue weighted by molar-refractivity contribution is -0.0436. The number of hydrogen-bond donors (Lipinski definition) is 2. The molecule has 0 aromatic heterocycles. The molecule has 2 aromatic rings. The third-order valence-corrected chi connectivity index (χ3v) is 10.0. The Morgan fingerprint density at radius 3 is 2.17 bits per heavy atom. The molecule has 190 valence electrons. The molecule has 1 aliphatic rings. The van der Waals surface area contributed by atoms with E-state index in [4.69, 9.17) is 10.4 Å². The van der Waals surface area contributed by atoms with Crippen molar-refractivity contribution in [2.24, 2.45) is 5.14 Å². The van der Waals surface area contributed by atoms with Crippen molar-refractivity contribution in [1.82, 2.24) is 4.31 Å². The fourth-order valence-electron chi connectivity index (χ4n) is 3.57. The number of nitrogens with one attached hydrogen (secondary N) is 1. The molecule has 0 saturated carbocycles. The van der Waals surface area contributed by atoms with E-state index in [2.05, 4.69) is 5.32 Å². The van der Waals surface area contributed by atoms with Gasteiger partial charge in [0.15, 0.2) is 0 Å². The highest BCUT2D eigenvalue weighted by atomic mass is 32.2. The van der Waals surface area contributed by atoms with Gasteiger partial charge in [0, 0.05) is 18.3 Å². The minimum atomic E-state index is -5.60. The summed E-state index contributed by atoms with van der Waals surface area (Å²) in [6, 6.07) is 9.82. The number of rotatable bonds is 6. The van der Waals surface area contributed by atoms with Crippen molar-refractivity contribution in [3.8, 4) is 6.07 Å². The molecule has 3 N–H and O–H groups in total. The summed E-state index contributed by atoms with van der Waals surface area (Å²) in [5, 5.41) is 15.2. The Bertz CT molecular complexity index is 1470. The third kappa shape index (κ3) is 5.59. The number of sulfonamides is 2. The maximum atomic E-state index is 13.1. The van der Waals surface area contributed by atoms with Crippen molar-refractivity contribution in [2.45, 2.75) is 39.6 Å². The van der Waals surface area contributed by atoms with E-state index in [9.17, 15) is 38.4 Å².